The summed E-state index contributed by atoms with van der Waals surface area (Å²) in [6.45, 7) is 2.03. The van der Waals surface area contributed by atoms with Gasteiger partial charge < -0.3 is 5.73 Å². The van der Waals surface area contributed by atoms with E-state index in [9.17, 15) is 0 Å². The van der Waals surface area contributed by atoms with Crippen molar-refractivity contribution in [3.05, 3.63) is 16.9 Å². The zero-order valence-corrected chi connectivity index (χ0v) is 9.10. The van der Waals surface area contributed by atoms with Gasteiger partial charge in [0.15, 0.2) is 0 Å². The number of nitrogens with zero attached hydrogens (tertiary/aromatic N) is 2. The van der Waals surface area contributed by atoms with Crippen LogP contribution in [0.25, 0.3) is 0 Å². The summed E-state index contributed by atoms with van der Waals surface area (Å²) in [5.74, 6) is 0. The second-order valence-corrected chi connectivity index (χ2v) is 3.85. The van der Waals surface area contributed by atoms with Gasteiger partial charge >= 0.3 is 0 Å². The molecule has 3 nitrogen and oxygen atoms in total. The molecular weight excluding hydrogens is 238 g/mol. The summed E-state index contributed by atoms with van der Waals surface area (Å²) < 4.78 is 2.71. The summed E-state index contributed by atoms with van der Waals surface area (Å²) in [5.41, 5.74) is 5.54. The van der Waals surface area contributed by atoms with Crippen LogP contribution in [0, 0.1) is 0 Å². The van der Waals surface area contributed by atoms with Crippen LogP contribution in [-0.4, -0.2) is 14.8 Å². The van der Waals surface area contributed by atoms with Crippen molar-refractivity contribution in [1.29, 1.82) is 0 Å². The van der Waals surface area contributed by atoms with Crippen molar-refractivity contribution in [3.8, 4) is 0 Å². The van der Waals surface area contributed by atoms with Crippen LogP contribution in [0.15, 0.2) is 16.9 Å². The average Bonchev–Trinajstić information content (AvgIpc) is 2.37. The second kappa shape index (κ2) is 4.00. The molecule has 0 amide bonds. The molecule has 1 aromatic heterocycles. The summed E-state index contributed by atoms with van der Waals surface area (Å²) >= 11 is 8.22. The molecule has 1 aromatic rings. The van der Waals surface area contributed by atoms with E-state index >= 15 is 0 Å². The number of thiocarbonyl (C=S) groups is 1. The highest BCUT2D eigenvalue weighted by molar-refractivity contribution is 9.10. The average molecular weight is 248 g/mol. The van der Waals surface area contributed by atoms with E-state index in [0.717, 1.165) is 10.9 Å². The number of hydrogen-bond donors (Lipinski definition) is 1. The van der Waals surface area contributed by atoms with Gasteiger partial charge in [0.1, 0.15) is 6.04 Å². The van der Waals surface area contributed by atoms with Gasteiger partial charge in [-0.25, -0.2) is 0 Å². The van der Waals surface area contributed by atoms with E-state index in [1.54, 1.807) is 10.9 Å². The highest BCUT2D eigenvalue weighted by Gasteiger charge is 2.11. The molecule has 12 heavy (non-hydrogen) atoms. The molecule has 0 aliphatic heterocycles. The van der Waals surface area contributed by atoms with Gasteiger partial charge in [0.2, 0.25) is 0 Å². The molecule has 0 aromatic carbocycles. The summed E-state index contributed by atoms with van der Waals surface area (Å²) in [6, 6.07) is 0.0336. The largest absolute Gasteiger partial charge is 0.392 e. The van der Waals surface area contributed by atoms with E-state index in [1.165, 1.54) is 0 Å². The van der Waals surface area contributed by atoms with Gasteiger partial charge in [-0.3, -0.25) is 4.68 Å². The Hall–Kier alpha value is -0.420. The van der Waals surface area contributed by atoms with Crippen molar-refractivity contribution in [2.45, 2.75) is 19.4 Å². The first-order chi connectivity index (χ1) is 5.65. The Bertz CT molecular complexity index is 284. The van der Waals surface area contributed by atoms with E-state index in [4.69, 9.17) is 18.0 Å². The predicted octanol–water partition coefficient (Wildman–Crippen LogP) is 1.88. The fourth-order valence-electron chi connectivity index (χ4n) is 1.00. The highest BCUT2D eigenvalue weighted by Crippen LogP contribution is 2.14. The van der Waals surface area contributed by atoms with Crippen LogP contribution in [-0.2, 0) is 0 Å². The third kappa shape index (κ3) is 2.04. The van der Waals surface area contributed by atoms with E-state index in [0.29, 0.717) is 4.99 Å². The molecule has 0 aliphatic rings. The molecule has 0 saturated heterocycles. The molecule has 0 saturated carbocycles. The minimum absolute atomic E-state index is 0.0336. The monoisotopic (exact) mass is 247 g/mol. The maximum absolute atomic E-state index is 5.54. The molecule has 66 valence electrons. The quantitative estimate of drug-likeness (QED) is 0.830. The Morgan fingerprint density at radius 1 is 1.92 bits per heavy atom. The lowest BCUT2D eigenvalue weighted by molar-refractivity contribution is 0.553. The maximum atomic E-state index is 5.54. The zero-order valence-electron chi connectivity index (χ0n) is 6.70. The number of halogens is 1. The normalized spacial score (nSPS) is 12.8. The lowest BCUT2D eigenvalue weighted by Crippen LogP contribution is -2.24. The molecular formula is C7H10BrN3S. The molecule has 1 atom stereocenters. The van der Waals surface area contributed by atoms with Gasteiger partial charge in [-0.15, -0.1) is 0 Å². The van der Waals surface area contributed by atoms with Crippen molar-refractivity contribution in [2.24, 2.45) is 5.73 Å². The van der Waals surface area contributed by atoms with Crippen molar-refractivity contribution in [3.63, 3.8) is 0 Å². The maximum Gasteiger partial charge on any atom is 0.101 e. The molecule has 2 N–H and O–H groups in total. The van der Waals surface area contributed by atoms with Crippen LogP contribution < -0.4 is 5.73 Å². The van der Waals surface area contributed by atoms with E-state index in [2.05, 4.69) is 21.0 Å². The van der Waals surface area contributed by atoms with Crippen LogP contribution in [0.5, 0.6) is 0 Å². The third-order valence-electron chi connectivity index (χ3n) is 1.60. The fourth-order valence-corrected chi connectivity index (χ4v) is 1.58. The minimum atomic E-state index is 0.0336. The Labute approximate surface area is 85.1 Å². The van der Waals surface area contributed by atoms with Crippen LogP contribution in [0.4, 0.5) is 0 Å². The topological polar surface area (TPSA) is 43.8 Å². The molecule has 0 spiro atoms. The Morgan fingerprint density at radius 2 is 2.58 bits per heavy atom. The van der Waals surface area contributed by atoms with Gasteiger partial charge in [-0.05, 0) is 22.4 Å². The third-order valence-corrected chi connectivity index (χ3v) is 2.29. The lowest BCUT2D eigenvalue weighted by atomic mass is 10.2. The first kappa shape index (κ1) is 9.67. The summed E-state index contributed by atoms with van der Waals surface area (Å²) in [5, 5.41) is 4.11. The van der Waals surface area contributed by atoms with Crippen LogP contribution in [0.3, 0.4) is 0 Å². The van der Waals surface area contributed by atoms with E-state index in [1.807, 2.05) is 13.1 Å². The van der Waals surface area contributed by atoms with Gasteiger partial charge in [0.05, 0.1) is 15.7 Å². The summed E-state index contributed by atoms with van der Waals surface area (Å²) in [6.07, 6.45) is 4.46. The van der Waals surface area contributed by atoms with E-state index < -0.39 is 0 Å². The fraction of sp³-hybridized carbons (Fsp3) is 0.429. The van der Waals surface area contributed by atoms with Crippen LogP contribution in [0.2, 0.25) is 0 Å². The predicted molar refractivity (Wildman–Crippen MR) is 56.0 cm³/mol. The minimum Gasteiger partial charge on any atom is -0.392 e. The van der Waals surface area contributed by atoms with Crippen molar-refractivity contribution < 1.29 is 0 Å². The van der Waals surface area contributed by atoms with Crippen molar-refractivity contribution in [1.82, 2.24) is 9.78 Å². The summed E-state index contributed by atoms with van der Waals surface area (Å²) in [7, 11) is 0. The van der Waals surface area contributed by atoms with E-state index in [-0.39, 0.29) is 6.04 Å². The van der Waals surface area contributed by atoms with Crippen LogP contribution in [0.1, 0.15) is 19.4 Å². The smallest absolute Gasteiger partial charge is 0.101 e. The van der Waals surface area contributed by atoms with Gasteiger partial charge in [-0.2, -0.15) is 5.10 Å². The Kier molecular flexibility index (Phi) is 3.22. The molecule has 1 heterocycles. The van der Waals surface area contributed by atoms with Crippen molar-refractivity contribution in [2.75, 3.05) is 0 Å². The lowest BCUT2D eigenvalue weighted by Gasteiger charge is -2.12. The van der Waals surface area contributed by atoms with Gasteiger partial charge in [0, 0.05) is 6.20 Å². The number of aromatic nitrogens is 2. The number of hydrogen-bond acceptors (Lipinski definition) is 2. The van der Waals surface area contributed by atoms with Gasteiger partial charge in [0.25, 0.3) is 0 Å². The van der Waals surface area contributed by atoms with Gasteiger partial charge in [-0.1, -0.05) is 19.1 Å². The molecule has 1 rings (SSSR count). The molecule has 5 heteroatoms. The number of nitrogens with two attached hydrogens (primary N) is 1. The Balaban J connectivity index is 2.87. The first-order valence-electron chi connectivity index (χ1n) is 3.64. The molecule has 0 radical (unpaired) electrons. The molecule has 1 unspecified atom stereocenters. The van der Waals surface area contributed by atoms with Crippen LogP contribution >= 0.6 is 28.1 Å². The molecule has 0 bridgehead atoms. The molecule has 0 fully saturated rings. The molecule has 0 aliphatic carbocycles. The number of rotatable bonds is 3. The SMILES string of the molecule is CCC(C(N)=S)n1cc(Br)cn1. The highest BCUT2D eigenvalue weighted by atomic mass is 79.9. The zero-order chi connectivity index (χ0) is 9.14. The van der Waals surface area contributed by atoms with Crippen molar-refractivity contribution >= 4 is 33.1 Å². The first-order valence-corrected chi connectivity index (χ1v) is 4.84. The summed E-state index contributed by atoms with van der Waals surface area (Å²) in [4.78, 5) is 0.480. The Morgan fingerprint density at radius 3 is 2.92 bits per heavy atom. The standard InChI is InChI=1S/C7H10BrN3S/c1-2-6(7(9)12)11-4-5(8)3-10-11/h3-4,6H,2H2,1H3,(H2,9,12). The second-order valence-electron chi connectivity index (χ2n) is 2.46.